The smallest absolute Gasteiger partial charge is 0.248 e. The summed E-state index contributed by atoms with van der Waals surface area (Å²) in [5.41, 5.74) is -0.125. The van der Waals surface area contributed by atoms with E-state index in [1.807, 2.05) is 13.8 Å². The van der Waals surface area contributed by atoms with Gasteiger partial charge in [0.05, 0.1) is 5.60 Å². The topological polar surface area (TPSA) is 40.5 Å². The Labute approximate surface area is 91.8 Å². The minimum Gasteiger partial charge on any atom is -0.390 e. The average Bonchev–Trinajstić information content (AvgIpc) is 2.15. The SMILES string of the molecule is C=C(C)C(=O)N1CCCC(C(C)(C)O)C1. The van der Waals surface area contributed by atoms with Gasteiger partial charge in [0.2, 0.25) is 5.91 Å². The Kier molecular flexibility index (Phi) is 3.55. The van der Waals surface area contributed by atoms with Crippen molar-refractivity contribution in [2.45, 2.75) is 39.2 Å². The molecule has 3 heteroatoms. The first-order chi connectivity index (χ1) is 6.82. The number of amides is 1. The molecule has 1 saturated heterocycles. The molecule has 1 unspecified atom stereocenters. The lowest BCUT2D eigenvalue weighted by atomic mass is 9.84. The highest BCUT2D eigenvalue weighted by molar-refractivity contribution is 5.92. The van der Waals surface area contributed by atoms with E-state index in [9.17, 15) is 9.90 Å². The second-order valence-electron chi connectivity index (χ2n) is 5.02. The highest BCUT2D eigenvalue weighted by Gasteiger charge is 2.32. The number of aliphatic hydroxyl groups is 1. The van der Waals surface area contributed by atoms with Gasteiger partial charge in [0.15, 0.2) is 0 Å². The van der Waals surface area contributed by atoms with E-state index >= 15 is 0 Å². The van der Waals surface area contributed by atoms with Crippen molar-refractivity contribution in [3.63, 3.8) is 0 Å². The fraction of sp³-hybridized carbons (Fsp3) is 0.750. The lowest BCUT2D eigenvalue weighted by molar-refractivity contribution is -0.130. The molecule has 1 atom stereocenters. The third-order valence-electron chi connectivity index (χ3n) is 3.07. The highest BCUT2D eigenvalue weighted by atomic mass is 16.3. The van der Waals surface area contributed by atoms with Crippen molar-refractivity contribution in [3.05, 3.63) is 12.2 Å². The molecule has 3 nitrogen and oxygen atoms in total. The van der Waals surface area contributed by atoms with E-state index in [0.717, 1.165) is 19.4 Å². The van der Waals surface area contributed by atoms with Crippen molar-refractivity contribution in [3.8, 4) is 0 Å². The fourth-order valence-corrected chi connectivity index (χ4v) is 2.01. The summed E-state index contributed by atoms with van der Waals surface area (Å²) in [6, 6.07) is 0. The molecule has 0 spiro atoms. The molecule has 1 aliphatic heterocycles. The summed E-state index contributed by atoms with van der Waals surface area (Å²) in [4.78, 5) is 13.5. The van der Waals surface area contributed by atoms with Gasteiger partial charge in [-0.3, -0.25) is 4.79 Å². The molecule has 0 aromatic heterocycles. The lowest BCUT2D eigenvalue weighted by Crippen LogP contribution is -2.47. The Morgan fingerprint density at radius 2 is 2.13 bits per heavy atom. The molecule has 15 heavy (non-hydrogen) atoms. The number of carbonyl (C=O) groups excluding carboxylic acids is 1. The molecule has 1 N–H and O–H groups in total. The van der Waals surface area contributed by atoms with Gasteiger partial charge in [-0.05, 0) is 33.6 Å². The van der Waals surface area contributed by atoms with Crippen LogP contribution < -0.4 is 0 Å². The van der Waals surface area contributed by atoms with Gasteiger partial charge in [-0.1, -0.05) is 6.58 Å². The summed E-state index contributed by atoms with van der Waals surface area (Å²) in [7, 11) is 0. The predicted molar refractivity (Wildman–Crippen MR) is 60.4 cm³/mol. The summed E-state index contributed by atoms with van der Waals surface area (Å²) in [6.07, 6.45) is 1.96. The van der Waals surface area contributed by atoms with Crippen molar-refractivity contribution in [2.75, 3.05) is 13.1 Å². The maximum atomic E-state index is 11.7. The number of hydrogen-bond acceptors (Lipinski definition) is 2. The third kappa shape index (κ3) is 3.06. The molecule has 1 heterocycles. The largest absolute Gasteiger partial charge is 0.390 e. The molecule has 1 amide bonds. The van der Waals surface area contributed by atoms with Crippen molar-refractivity contribution < 1.29 is 9.90 Å². The monoisotopic (exact) mass is 211 g/mol. The third-order valence-corrected chi connectivity index (χ3v) is 3.07. The first kappa shape index (κ1) is 12.2. The van der Waals surface area contributed by atoms with Crippen LogP contribution in [0.25, 0.3) is 0 Å². The van der Waals surface area contributed by atoms with Gasteiger partial charge in [-0.15, -0.1) is 0 Å². The molecule has 0 aliphatic carbocycles. The van der Waals surface area contributed by atoms with E-state index in [1.165, 1.54) is 0 Å². The Hall–Kier alpha value is -0.830. The maximum Gasteiger partial charge on any atom is 0.248 e. The number of carbonyl (C=O) groups is 1. The van der Waals surface area contributed by atoms with Crippen LogP contribution in [0.3, 0.4) is 0 Å². The standard InChI is InChI=1S/C12H21NO2/c1-9(2)11(14)13-7-5-6-10(8-13)12(3,4)15/h10,15H,1,5-8H2,2-4H3. The van der Waals surface area contributed by atoms with Crippen molar-refractivity contribution in [1.29, 1.82) is 0 Å². The number of piperidine rings is 1. The van der Waals surface area contributed by atoms with Gasteiger partial charge >= 0.3 is 0 Å². The van der Waals surface area contributed by atoms with E-state index in [2.05, 4.69) is 6.58 Å². The molecule has 0 bridgehead atoms. The quantitative estimate of drug-likeness (QED) is 0.704. The second-order valence-corrected chi connectivity index (χ2v) is 5.02. The van der Waals surface area contributed by atoms with Crippen LogP contribution in [0.2, 0.25) is 0 Å². The number of nitrogens with zero attached hydrogens (tertiary/aromatic N) is 1. The lowest BCUT2D eigenvalue weighted by Gasteiger charge is -2.38. The molecular formula is C12H21NO2. The van der Waals surface area contributed by atoms with E-state index in [1.54, 1.807) is 11.8 Å². The highest BCUT2D eigenvalue weighted by Crippen LogP contribution is 2.27. The Morgan fingerprint density at radius 3 is 2.60 bits per heavy atom. The van der Waals surface area contributed by atoms with Crippen molar-refractivity contribution >= 4 is 5.91 Å². The summed E-state index contributed by atoms with van der Waals surface area (Å²) in [5.74, 6) is 0.193. The molecule has 1 rings (SSSR count). The molecular weight excluding hydrogens is 190 g/mol. The van der Waals surface area contributed by atoms with Crippen LogP contribution in [0.4, 0.5) is 0 Å². The summed E-state index contributed by atoms with van der Waals surface area (Å²) in [5, 5.41) is 9.92. The predicted octanol–water partition coefficient (Wildman–Crippen LogP) is 1.57. The Balaban J connectivity index is 2.64. The van der Waals surface area contributed by atoms with Crippen LogP contribution in [-0.2, 0) is 4.79 Å². The minimum atomic E-state index is -0.700. The zero-order chi connectivity index (χ0) is 11.6. The van der Waals surface area contributed by atoms with Gasteiger partial charge in [0.1, 0.15) is 0 Å². The zero-order valence-electron chi connectivity index (χ0n) is 9.92. The molecule has 86 valence electrons. The average molecular weight is 211 g/mol. The van der Waals surface area contributed by atoms with E-state index in [4.69, 9.17) is 0 Å². The van der Waals surface area contributed by atoms with Crippen LogP contribution in [0.1, 0.15) is 33.6 Å². The zero-order valence-corrected chi connectivity index (χ0v) is 9.92. The summed E-state index contributed by atoms with van der Waals surface area (Å²) >= 11 is 0. The fourth-order valence-electron chi connectivity index (χ4n) is 2.01. The van der Waals surface area contributed by atoms with Crippen LogP contribution in [-0.4, -0.2) is 34.6 Å². The second kappa shape index (κ2) is 4.35. The van der Waals surface area contributed by atoms with Gasteiger partial charge in [-0.25, -0.2) is 0 Å². The van der Waals surface area contributed by atoms with Gasteiger partial charge in [0, 0.05) is 24.6 Å². The maximum absolute atomic E-state index is 11.7. The van der Waals surface area contributed by atoms with Crippen LogP contribution in [0, 0.1) is 5.92 Å². The first-order valence-electron chi connectivity index (χ1n) is 5.49. The number of hydrogen-bond donors (Lipinski definition) is 1. The van der Waals surface area contributed by atoms with E-state index in [-0.39, 0.29) is 11.8 Å². The summed E-state index contributed by atoms with van der Waals surface area (Å²) < 4.78 is 0. The van der Waals surface area contributed by atoms with Gasteiger partial charge in [-0.2, -0.15) is 0 Å². The first-order valence-corrected chi connectivity index (χ1v) is 5.49. The number of rotatable bonds is 2. The Bertz CT molecular complexity index is 265. The molecule has 0 aromatic rings. The minimum absolute atomic E-state index is 0.0175. The van der Waals surface area contributed by atoms with Crippen LogP contribution in [0.15, 0.2) is 12.2 Å². The van der Waals surface area contributed by atoms with E-state index < -0.39 is 5.60 Å². The van der Waals surface area contributed by atoms with E-state index in [0.29, 0.717) is 12.1 Å². The number of likely N-dealkylation sites (tertiary alicyclic amines) is 1. The van der Waals surface area contributed by atoms with Crippen molar-refractivity contribution in [1.82, 2.24) is 4.90 Å². The molecule has 1 aliphatic rings. The van der Waals surface area contributed by atoms with Gasteiger partial charge in [0.25, 0.3) is 0 Å². The van der Waals surface area contributed by atoms with Crippen LogP contribution in [0.5, 0.6) is 0 Å². The van der Waals surface area contributed by atoms with Crippen LogP contribution >= 0.6 is 0 Å². The summed E-state index contributed by atoms with van der Waals surface area (Å²) in [6.45, 7) is 10.5. The normalized spacial score (nSPS) is 22.7. The van der Waals surface area contributed by atoms with Crippen molar-refractivity contribution in [2.24, 2.45) is 5.92 Å². The van der Waals surface area contributed by atoms with Gasteiger partial charge < -0.3 is 10.0 Å². The molecule has 1 fully saturated rings. The molecule has 0 aromatic carbocycles. The molecule has 0 saturated carbocycles. The molecule has 0 radical (unpaired) electrons. The Morgan fingerprint density at radius 1 is 1.53 bits per heavy atom.